The zero-order valence-electron chi connectivity index (χ0n) is 14.1. The maximum Gasteiger partial charge on any atom is 0.322 e. The van der Waals surface area contributed by atoms with Crippen LogP contribution in [0.3, 0.4) is 0 Å². The van der Waals surface area contributed by atoms with Crippen molar-refractivity contribution in [1.29, 1.82) is 0 Å². The smallest absolute Gasteiger partial charge is 0.322 e. The molecule has 1 rings (SSSR count). The van der Waals surface area contributed by atoms with Crippen LogP contribution in [-0.2, 0) is 19.2 Å². The normalized spacial score (nSPS) is 15.4. The number of aliphatic carboxylic acids is 2. The molecule has 0 aliphatic heterocycles. The maximum atomic E-state index is 12.1. The van der Waals surface area contributed by atoms with Gasteiger partial charge in [-0.25, -0.2) is 0 Å². The van der Waals surface area contributed by atoms with Gasteiger partial charge in [0.25, 0.3) is 0 Å². The molecule has 2 amide bonds. The molecule has 26 heavy (non-hydrogen) atoms. The fourth-order valence-electron chi connectivity index (χ4n) is 2.06. The fraction of sp³-hybridized carbons (Fsp3) is 0.500. The molecule has 0 spiro atoms. The second-order valence-electron chi connectivity index (χ2n) is 5.69. The number of rotatable bonds is 12. The van der Waals surface area contributed by atoms with E-state index in [1.165, 1.54) is 11.8 Å². The van der Waals surface area contributed by atoms with Crippen molar-refractivity contribution in [2.75, 3.05) is 18.1 Å². The molecule has 6 N–H and O–H groups in total. The van der Waals surface area contributed by atoms with Crippen molar-refractivity contribution in [3.8, 4) is 0 Å². The molecule has 1 aliphatic rings. The summed E-state index contributed by atoms with van der Waals surface area (Å²) in [6, 6.07) is -2.07. The molecule has 1 aliphatic carbocycles. The molecule has 2 atom stereocenters. The Morgan fingerprint density at radius 3 is 2.38 bits per heavy atom. The third kappa shape index (κ3) is 8.67. The lowest BCUT2D eigenvalue weighted by Gasteiger charge is -2.18. The van der Waals surface area contributed by atoms with Gasteiger partial charge in [0.05, 0.1) is 0 Å². The van der Waals surface area contributed by atoms with Gasteiger partial charge in [-0.1, -0.05) is 24.3 Å². The molecule has 0 aromatic carbocycles. The first kappa shape index (κ1) is 21.7. The molecule has 0 bridgehead atoms. The van der Waals surface area contributed by atoms with E-state index in [4.69, 9.17) is 15.9 Å². The van der Waals surface area contributed by atoms with Gasteiger partial charge in [-0.3, -0.25) is 19.2 Å². The van der Waals surface area contributed by atoms with Gasteiger partial charge in [0.2, 0.25) is 11.8 Å². The standard InChI is InChI=1S/C16H23N3O6S/c17-11(16(24)25)5-6-13(20)19-12(15(23)18-7-14(21)22)9-26-8-10-3-1-2-4-10/h1-4,10-12H,5-9,17H2,(H,18,23)(H,19,20)(H,21,22)(H,24,25)/t11-,12-/m0/s1. The van der Waals surface area contributed by atoms with Crippen LogP contribution in [0.5, 0.6) is 0 Å². The van der Waals surface area contributed by atoms with Crippen molar-refractivity contribution in [3.63, 3.8) is 0 Å². The Hall–Kier alpha value is -2.33. The topological polar surface area (TPSA) is 159 Å². The van der Waals surface area contributed by atoms with E-state index in [1.54, 1.807) is 0 Å². The lowest BCUT2D eigenvalue weighted by molar-refractivity contribution is -0.139. The first-order valence-electron chi connectivity index (χ1n) is 7.99. The number of nitrogens with two attached hydrogens (primary N) is 1. The van der Waals surface area contributed by atoms with E-state index in [0.29, 0.717) is 0 Å². The second-order valence-corrected chi connectivity index (χ2v) is 6.76. The van der Waals surface area contributed by atoms with Gasteiger partial charge in [0.1, 0.15) is 18.6 Å². The third-order valence-electron chi connectivity index (χ3n) is 3.49. The van der Waals surface area contributed by atoms with Crippen LogP contribution in [0.2, 0.25) is 0 Å². The number of nitrogens with one attached hydrogen (secondary N) is 2. The molecule has 0 unspecified atom stereocenters. The van der Waals surface area contributed by atoms with Gasteiger partial charge in [0.15, 0.2) is 0 Å². The summed E-state index contributed by atoms with van der Waals surface area (Å²) < 4.78 is 0. The van der Waals surface area contributed by atoms with Crippen LogP contribution in [-0.4, -0.2) is 64.1 Å². The molecule has 0 fully saturated rings. The van der Waals surface area contributed by atoms with Gasteiger partial charge in [0, 0.05) is 23.8 Å². The molecule has 0 aromatic heterocycles. The van der Waals surface area contributed by atoms with Gasteiger partial charge in [-0.2, -0.15) is 11.8 Å². The quantitative estimate of drug-likeness (QED) is 0.296. The summed E-state index contributed by atoms with van der Waals surface area (Å²) in [6.07, 6.45) is 7.67. The van der Waals surface area contributed by atoms with E-state index < -0.39 is 42.4 Å². The minimum Gasteiger partial charge on any atom is -0.480 e. The highest BCUT2D eigenvalue weighted by molar-refractivity contribution is 7.99. The molecule has 0 saturated heterocycles. The Morgan fingerprint density at radius 1 is 1.15 bits per heavy atom. The van der Waals surface area contributed by atoms with Crippen LogP contribution in [0.15, 0.2) is 24.3 Å². The lowest BCUT2D eigenvalue weighted by Crippen LogP contribution is -2.49. The Balaban J connectivity index is 2.51. The summed E-state index contributed by atoms with van der Waals surface area (Å²) >= 11 is 1.45. The van der Waals surface area contributed by atoms with Crippen molar-refractivity contribution in [2.45, 2.75) is 24.9 Å². The Bertz CT molecular complexity index is 581. The average Bonchev–Trinajstić information content (AvgIpc) is 3.09. The van der Waals surface area contributed by atoms with Crippen LogP contribution in [0.25, 0.3) is 0 Å². The number of carbonyl (C=O) groups excluding carboxylic acids is 2. The highest BCUT2D eigenvalue weighted by atomic mass is 32.2. The van der Waals surface area contributed by atoms with E-state index >= 15 is 0 Å². The number of carboxylic acids is 2. The summed E-state index contributed by atoms with van der Waals surface area (Å²) in [7, 11) is 0. The summed E-state index contributed by atoms with van der Waals surface area (Å²) in [5, 5.41) is 22.1. The summed E-state index contributed by atoms with van der Waals surface area (Å²) in [6.45, 7) is -0.548. The lowest BCUT2D eigenvalue weighted by atomic mass is 10.1. The van der Waals surface area contributed by atoms with Crippen LogP contribution in [0, 0.1) is 5.92 Å². The Labute approximate surface area is 155 Å². The number of allylic oxidation sites excluding steroid dienone is 4. The van der Waals surface area contributed by atoms with Crippen molar-refractivity contribution >= 4 is 35.5 Å². The van der Waals surface area contributed by atoms with E-state index in [2.05, 4.69) is 10.6 Å². The summed E-state index contributed by atoms with van der Waals surface area (Å²) in [5.41, 5.74) is 5.35. The monoisotopic (exact) mass is 385 g/mol. The van der Waals surface area contributed by atoms with Crippen LogP contribution >= 0.6 is 11.8 Å². The van der Waals surface area contributed by atoms with Crippen molar-refractivity contribution in [3.05, 3.63) is 24.3 Å². The highest BCUT2D eigenvalue weighted by Gasteiger charge is 2.22. The molecule has 0 aromatic rings. The molecule has 0 radical (unpaired) electrons. The predicted molar refractivity (Wildman–Crippen MR) is 96.5 cm³/mol. The molecule has 144 valence electrons. The number of hydrogen-bond donors (Lipinski definition) is 5. The third-order valence-corrected chi connectivity index (χ3v) is 4.68. The Morgan fingerprint density at radius 2 is 1.81 bits per heavy atom. The molecule has 10 heteroatoms. The van der Waals surface area contributed by atoms with E-state index in [0.717, 1.165) is 5.75 Å². The van der Waals surface area contributed by atoms with Crippen LogP contribution in [0.1, 0.15) is 12.8 Å². The van der Waals surface area contributed by atoms with Gasteiger partial charge in [-0.05, 0) is 6.42 Å². The molecule has 9 nitrogen and oxygen atoms in total. The summed E-state index contributed by atoms with van der Waals surface area (Å²) in [4.78, 5) is 45.3. The SMILES string of the molecule is N[C@@H](CCC(=O)N[C@@H](CSCC1C=CC=C1)C(=O)NCC(=O)O)C(=O)O. The van der Waals surface area contributed by atoms with Crippen molar-refractivity contribution in [1.82, 2.24) is 10.6 Å². The molecule has 0 heterocycles. The van der Waals surface area contributed by atoms with Crippen molar-refractivity contribution in [2.24, 2.45) is 11.7 Å². The zero-order valence-corrected chi connectivity index (χ0v) is 14.9. The minimum absolute atomic E-state index is 0.0601. The van der Waals surface area contributed by atoms with Gasteiger partial charge in [-0.15, -0.1) is 0 Å². The van der Waals surface area contributed by atoms with Crippen LogP contribution in [0.4, 0.5) is 0 Å². The highest BCUT2D eigenvalue weighted by Crippen LogP contribution is 2.16. The Kier molecular flexibility index (Phi) is 9.45. The number of carbonyl (C=O) groups is 4. The van der Waals surface area contributed by atoms with Crippen LogP contribution < -0.4 is 16.4 Å². The second kappa shape index (κ2) is 11.3. The fourth-order valence-corrected chi connectivity index (χ4v) is 3.16. The number of thioether (sulfide) groups is 1. The van der Waals surface area contributed by atoms with E-state index in [9.17, 15) is 19.2 Å². The van der Waals surface area contributed by atoms with E-state index in [-0.39, 0.29) is 24.5 Å². The molecular formula is C16H23N3O6S. The molecule has 0 saturated carbocycles. The average molecular weight is 385 g/mol. The zero-order chi connectivity index (χ0) is 19.5. The van der Waals surface area contributed by atoms with Crippen molar-refractivity contribution < 1.29 is 29.4 Å². The van der Waals surface area contributed by atoms with E-state index in [1.807, 2.05) is 24.3 Å². The molecular weight excluding hydrogens is 362 g/mol. The van der Waals surface area contributed by atoms with Gasteiger partial charge >= 0.3 is 11.9 Å². The van der Waals surface area contributed by atoms with Gasteiger partial charge < -0.3 is 26.6 Å². The first-order chi connectivity index (χ1) is 12.3. The number of carboxylic acid groups (broad SMARTS) is 2. The maximum absolute atomic E-state index is 12.1. The summed E-state index contributed by atoms with van der Waals surface area (Å²) in [5.74, 6) is -2.28. The first-order valence-corrected chi connectivity index (χ1v) is 9.15. The predicted octanol–water partition coefficient (Wildman–Crippen LogP) is -0.660. The number of amides is 2. The minimum atomic E-state index is -1.21. The largest absolute Gasteiger partial charge is 0.480 e. The number of hydrogen-bond acceptors (Lipinski definition) is 6.